The molecule has 0 saturated carbocycles. The Balaban J connectivity index is 2.12. The summed E-state index contributed by atoms with van der Waals surface area (Å²) in [6, 6.07) is 5.30. The second-order valence-corrected chi connectivity index (χ2v) is 4.91. The van der Waals surface area contributed by atoms with Gasteiger partial charge in [0.1, 0.15) is 0 Å². The molecule has 0 bridgehead atoms. The molecule has 1 atom stereocenters. The number of nitrogens with zero attached hydrogens (tertiary/aromatic N) is 1. The van der Waals surface area contributed by atoms with Gasteiger partial charge in [0.15, 0.2) is 5.75 Å². The molecule has 0 radical (unpaired) electrons. The van der Waals surface area contributed by atoms with Crippen LogP contribution in [-0.4, -0.2) is 24.6 Å². The smallest absolute Gasteiger partial charge is 0.311 e. The van der Waals surface area contributed by atoms with E-state index >= 15 is 0 Å². The molecule has 0 aromatic heterocycles. The van der Waals surface area contributed by atoms with Crippen molar-refractivity contribution in [1.82, 2.24) is 5.32 Å². The van der Waals surface area contributed by atoms with Crippen molar-refractivity contribution in [2.24, 2.45) is 5.92 Å². The molecule has 1 aromatic carbocycles. The Labute approximate surface area is 113 Å². The number of hydrogen-bond acceptors (Lipinski definition) is 4. The Kier molecular flexibility index (Phi) is 4.74. The van der Waals surface area contributed by atoms with Crippen LogP contribution in [0.2, 0.25) is 0 Å². The van der Waals surface area contributed by atoms with Crippen LogP contribution in [0.25, 0.3) is 0 Å². The number of rotatable bonds is 5. The number of ether oxygens (including phenoxy) is 1. The van der Waals surface area contributed by atoms with E-state index in [-0.39, 0.29) is 10.6 Å². The Morgan fingerprint density at radius 3 is 3.00 bits per heavy atom. The quantitative estimate of drug-likeness (QED) is 0.655. The van der Waals surface area contributed by atoms with Gasteiger partial charge in [-0.05, 0) is 56.8 Å². The fourth-order valence-electron chi connectivity index (χ4n) is 2.54. The van der Waals surface area contributed by atoms with Crippen molar-refractivity contribution >= 4 is 5.69 Å². The first-order chi connectivity index (χ1) is 9.20. The second kappa shape index (κ2) is 6.52. The summed E-state index contributed by atoms with van der Waals surface area (Å²) >= 11 is 0. The van der Waals surface area contributed by atoms with Crippen LogP contribution < -0.4 is 10.1 Å². The highest BCUT2D eigenvalue weighted by atomic mass is 16.6. The molecule has 1 heterocycles. The number of nitro groups is 1. The molecule has 5 heteroatoms. The molecule has 1 aliphatic heterocycles. The number of nitro benzene ring substituents is 1. The fraction of sp³-hybridized carbons (Fsp3) is 0.571. The van der Waals surface area contributed by atoms with Crippen molar-refractivity contribution in [1.29, 1.82) is 0 Å². The lowest BCUT2D eigenvalue weighted by molar-refractivity contribution is -0.385. The summed E-state index contributed by atoms with van der Waals surface area (Å²) in [4.78, 5) is 10.7. The maximum Gasteiger partial charge on any atom is 0.311 e. The molecule has 1 N–H and O–H groups in total. The maximum atomic E-state index is 11.1. The van der Waals surface area contributed by atoms with Gasteiger partial charge in [0.2, 0.25) is 0 Å². The summed E-state index contributed by atoms with van der Waals surface area (Å²) in [7, 11) is 0. The van der Waals surface area contributed by atoms with Crippen molar-refractivity contribution in [3.8, 4) is 5.75 Å². The SMILES string of the molecule is CCOc1ccc(CC2CCCNC2)cc1[N+](=O)[O-]. The zero-order valence-corrected chi connectivity index (χ0v) is 11.2. The Morgan fingerprint density at radius 2 is 2.37 bits per heavy atom. The molecule has 1 fully saturated rings. The number of benzene rings is 1. The van der Waals surface area contributed by atoms with Crippen LogP contribution in [0.5, 0.6) is 5.75 Å². The molecular formula is C14H20N2O3. The molecule has 1 saturated heterocycles. The predicted molar refractivity (Wildman–Crippen MR) is 73.6 cm³/mol. The van der Waals surface area contributed by atoms with Crippen molar-refractivity contribution in [2.45, 2.75) is 26.2 Å². The number of nitrogens with one attached hydrogen (secondary N) is 1. The molecule has 0 aliphatic carbocycles. The average molecular weight is 264 g/mol. The van der Waals surface area contributed by atoms with Gasteiger partial charge in [-0.3, -0.25) is 10.1 Å². The van der Waals surface area contributed by atoms with Crippen molar-refractivity contribution in [3.63, 3.8) is 0 Å². The predicted octanol–water partition coefficient (Wildman–Crippen LogP) is 2.54. The van der Waals surface area contributed by atoms with Gasteiger partial charge in [-0.2, -0.15) is 0 Å². The molecular weight excluding hydrogens is 244 g/mol. The third-order valence-electron chi connectivity index (χ3n) is 3.44. The van der Waals surface area contributed by atoms with E-state index < -0.39 is 0 Å². The summed E-state index contributed by atoms with van der Waals surface area (Å²) in [6.07, 6.45) is 3.26. The molecule has 0 spiro atoms. The van der Waals surface area contributed by atoms with Crippen LogP contribution in [0, 0.1) is 16.0 Å². The topological polar surface area (TPSA) is 64.4 Å². The van der Waals surface area contributed by atoms with Crippen LogP contribution in [0.1, 0.15) is 25.3 Å². The van der Waals surface area contributed by atoms with Crippen LogP contribution in [0.15, 0.2) is 18.2 Å². The fourth-order valence-corrected chi connectivity index (χ4v) is 2.54. The highest BCUT2D eigenvalue weighted by Gasteiger charge is 2.18. The van der Waals surface area contributed by atoms with E-state index in [4.69, 9.17) is 4.74 Å². The molecule has 1 aromatic rings. The maximum absolute atomic E-state index is 11.1. The van der Waals surface area contributed by atoms with E-state index in [2.05, 4.69) is 5.32 Å². The van der Waals surface area contributed by atoms with Gasteiger partial charge >= 0.3 is 5.69 Å². The first-order valence-corrected chi connectivity index (χ1v) is 6.81. The van der Waals surface area contributed by atoms with E-state index in [1.54, 1.807) is 12.1 Å². The van der Waals surface area contributed by atoms with Gasteiger partial charge < -0.3 is 10.1 Å². The number of hydrogen-bond donors (Lipinski definition) is 1. The Morgan fingerprint density at radius 1 is 1.53 bits per heavy atom. The summed E-state index contributed by atoms with van der Waals surface area (Å²) in [6.45, 7) is 4.35. The minimum atomic E-state index is -0.367. The van der Waals surface area contributed by atoms with Crippen LogP contribution in [0.4, 0.5) is 5.69 Å². The van der Waals surface area contributed by atoms with Gasteiger partial charge in [-0.25, -0.2) is 0 Å². The van der Waals surface area contributed by atoms with E-state index in [1.165, 1.54) is 12.8 Å². The Bertz CT molecular complexity index is 442. The normalized spacial score (nSPS) is 19.1. The minimum absolute atomic E-state index is 0.0723. The zero-order valence-electron chi connectivity index (χ0n) is 11.2. The highest BCUT2D eigenvalue weighted by Crippen LogP contribution is 2.29. The molecule has 1 aliphatic rings. The lowest BCUT2D eigenvalue weighted by atomic mass is 9.92. The van der Waals surface area contributed by atoms with E-state index in [1.807, 2.05) is 13.0 Å². The third-order valence-corrected chi connectivity index (χ3v) is 3.44. The van der Waals surface area contributed by atoms with E-state index in [0.717, 1.165) is 25.1 Å². The lowest BCUT2D eigenvalue weighted by Crippen LogP contribution is -2.30. The van der Waals surface area contributed by atoms with Crippen molar-refractivity contribution in [2.75, 3.05) is 19.7 Å². The molecule has 2 rings (SSSR count). The van der Waals surface area contributed by atoms with Gasteiger partial charge in [0.25, 0.3) is 0 Å². The van der Waals surface area contributed by atoms with Crippen LogP contribution >= 0.6 is 0 Å². The van der Waals surface area contributed by atoms with E-state index in [9.17, 15) is 10.1 Å². The first-order valence-electron chi connectivity index (χ1n) is 6.81. The van der Waals surface area contributed by atoms with Crippen molar-refractivity contribution < 1.29 is 9.66 Å². The van der Waals surface area contributed by atoms with Gasteiger partial charge in [-0.1, -0.05) is 6.07 Å². The average Bonchev–Trinajstić information content (AvgIpc) is 2.42. The number of piperidine rings is 1. The zero-order chi connectivity index (χ0) is 13.7. The lowest BCUT2D eigenvalue weighted by Gasteiger charge is -2.22. The molecule has 19 heavy (non-hydrogen) atoms. The molecule has 1 unspecified atom stereocenters. The van der Waals surface area contributed by atoms with Crippen LogP contribution in [0.3, 0.4) is 0 Å². The monoisotopic (exact) mass is 264 g/mol. The molecule has 0 amide bonds. The largest absolute Gasteiger partial charge is 0.487 e. The molecule has 104 valence electrons. The third kappa shape index (κ3) is 3.67. The highest BCUT2D eigenvalue weighted by molar-refractivity contribution is 5.48. The van der Waals surface area contributed by atoms with Crippen molar-refractivity contribution in [3.05, 3.63) is 33.9 Å². The van der Waals surface area contributed by atoms with Gasteiger partial charge in [0, 0.05) is 6.07 Å². The van der Waals surface area contributed by atoms with Gasteiger partial charge in [-0.15, -0.1) is 0 Å². The molecule has 5 nitrogen and oxygen atoms in total. The summed E-state index contributed by atoms with van der Waals surface area (Å²) in [5.74, 6) is 0.935. The minimum Gasteiger partial charge on any atom is -0.487 e. The summed E-state index contributed by atoms with van der Waals surface area (Å²) in [5.41, 5.74) is 1.09. The first kappa shape index (κ1) is 13.8. The summed E-state index contributed by atoms with van der Waals surface area (Å²) < 4.78 is 5.29. The van der Waals surface area contributed by atoms with Gasteiger partial charge in [0.05, 0.1) is 11.5 Å². The second-order valence-electron chi connectivity index (χ2n) is 4.91. The van der Waals surface area contributed by atoms with Crippen LogP contribution in [-0.2, 0) is 6.42 Å². The summed E-state index contributed by atoms with van der Waals surface area (Å²) in [5, 5.41) is 14.4. The Hall–Kier alpha value is -1.62. The van der Waals surface area contributed by atoms with E-state index in [0.29, 0.717) is 18.3 Å². The standard InChI is InChI=1S/C14H20N2O3/c1-2-19-14-6-5-11(9-13(14)16(17)18)8-12-4-3-7-15-10-12/h5-6,9,12,15H,2-4,7-8,10H2,1H3.